The second-order valence-corrected chi connectivity index (χ2v) is 1.74. The summed E-state index contributed by atoms with van der Waals surface area (Å²) in [6.07, 6.45) is 0. The molecule has 0 saturated carbocycles. The second kappa shape index (κ2) is 10.5. The number of nitrogens with one attached hydrogen (secondary N) is 3. The van der Waals surface area contributed by atoms with Gasteiger partial charge in [-0.05, 0) is 0 Å². The second-order valence-electron chi connectivity index (χ2n) is 1.74. The highest BCUT2D eigenvalue weighted by molar-refractivity contribution is 5.79. The Hall–Kier alpha value is -2.48. The average molecular weight is 196 g/mol. The summed E-state index contributed by atoms with van der Waals surface area (Å²) in [5.41, 5.74) is 12.2. The Balaban J connectivity index is 0. The summed E-state index contributed by atoms with van der Waals surface area (Å²) < 4.78 is 0. The van der Waals surface area contributed by atoms with Crippen LogP contribution in [0.3, 0.4) is 0 Å². The molecular formula is C6H12N8. The molecule has 14 heavy (non-hydrogen) atoms. The predicted molar refractivity (Wildman–Crippen MR) is 52.6 cm³/mol. The van der Waals surface area contributed by atoms with Crippen molar-refractivity contribution in [3.05, 3.63) is 11.5 Å². The normalized spacial score (nSPS) is 8.36. The molecule has 0 fully saturated rings. The summed E-state index contributed by atoms with van der Waals surface area (Å²) in [5, 5.41) is 16.4. The van der Waals surface area contributed by atoms with Gasteiger partial charge in [0.2, 0.25) is 0 Å². The summed E-state index contributed by atoms with van der Waals surface area (Å²) in [4.78, 5) is 6.36. The van der Waals surface area contributed by atoms with E-state index in [1.165, 1.54) is 6.92 Å². The van der Waals surface area contributed by atoms with Gasteiger partial charge in [-0.25, -0.2) is 4.99 Å². The highest BCUT2D eigenvalue weighted by Crippen LogP contribution is 1.64. The van der Waals surface area contributed by atoms with Crippen molar-refractivity contribution < 1.29 is 0 Å². The van der Waals surface area contributed by atoms with Gasteiger partial charge in [-0.1, -0.05) is 5.43 Å². The zero-order valence-electron chi connectivity index (χ0n) is 7.70. The summed E-state index contributed by atoms with van der Waals surface area (Å²) in [7, 11) is 0. The van der Waals surface area contributed by atoms with Crippen molar-refractivity contribution in [1.82, 2.24) is 10.7 Å². The molecule has 0 amide bonds. The summed E-state index contributed by atoms with van der Waals surface area (Å²) >= 11 is 0. The Morgan fingerprint density at radius 2 is 2.21 bits per heavy atom. The Labute approximate surface area is 81.9 Å². The molecule has 0 aliphatic rings. The lowest BCUT2D eigenvalue weighted by molar-refractivity contribution is 0.898. The minimum Gasteiger partial charge on any atom is -0.370 e. The molecule has 7 N–H and O–H groups in total. The van der Waals surface area contributed by atoms with E-state index in [0.717, 1.165) is 0 Å². The van der Waals surface area contributed by atoms with Gasteiger partial charge in [0.15, 0.2) is 5.96 Å². The molecular weight excluding hydrogens is 184 g/mol. The topological polar surface area (TPSA) is 140 Å². The van der Waals surface area contributed by atoms with Crippen LogP contribution in [0, 0.1) is 23.3 Å². The highest BCUT2D eigenvalue weighted by atomic mass is 15.3. The fraction of sp³-hybridized carbons (Fsp3) is 0.333. The number of aliphatic imine (C=N–C) groups is 1. The molecule has 8 heteroatoms. The van der Waals surface area contributed by atoms with Gasteiger partial charge in [0.05, 0.1) is 6.07 Å². The minimum atomic E-state index is -0.190. The van der Waals surface area contributed by atoms with Crippen LogP contribution in [0.5, 0.6) is 0 Å². The molecule has 0 aromatic rings. The van der Waals surface area contributed by atoms with E-state index in [1.807, 2.05) is 0 Å². The molecule has 0 aliphatic carbocycles. The molecule has 0 aromatic carbocycles. The van der Waals surface area contributed by atoms with E-state index < -0.39 is 0 Å². The number of nitrogens with zero attached hydrogens (tertiary/aromatic N) is 3. The van der Waals surface area contributed by atoms with E-state index >= 15 is 0 Å². The van der Waals surface area contributed by atoms with Crippen molar-refractivity contribution in [2.24, 2.45) is 16.5 Å². The number of guanidine groups is 2. The molecule has 0 aliphatic heterocycles. The molecule has 0 aromatic heterocycles. The van der Waals surface area contributed by atoms with Crippen molar-refractivity contribution >= 4 is 11.9 Å². The molecule has 0 saturated heterocycles. The monoisotopic (exact) mass is 196 g/mol. The number of hydrogen-bond donors (Lipinski definition) is 5. The zero-order valence-corrected chi connectivity index (χ0v) is 7.70. The lowest BCUT2D eigenvalue weighted by Crippen LogP contribution is -2.33. The number of nitrogens with two attached hydrogens (primary N) is 2. The molecule has 76 valence electrons. The molecule has 0 spiro atoms. The zero-order chi connectivity index (χ0) is 11.4. The SMILES string of the molecule is CC#N.[C-]#[N+]NC(N)=NCNC(=N)N. The molecule has 0 radical (unpaired) electrons. The van der Waals surface area contributed by atoms with Crippen LogP contribution in [0.2, 0.25) is 0 Å². The molecule has 0 atom stereocenters. The van der Waals surface area contributed by atoms with Crippen LogP contribution in [0.15, 0.2) is 4.99 Å². The molecule has 0 unspecified atom stereocenters. The first-order valence-electron chi connectivity index (χ1n) is 3.39. The third-order valence-corrected chi connectivity index (χ3v) is 0.689. The average Bonchev–Trinajstić information content (AvgIpc) is 2.05. The van der Waals surface area contributed by atoms with Gasteiger partial charge in [-0.2, -0.15) is 16.8 Å². The van der Waals surface area contributed by atoms with E-state index in [4.69, 9.17) is 28.7 Å². The van der Waals surface area contributed by atoms with Crippen LogP contribution < -0.4 is 22.2 Å². The first-order valence-corrected chi connectivity index (χ1v) is 3.39. The van der Waals surface area contributed by atoms with Crippen LogP contribution in [-0.4, -0.2) is 18.6 Å². The van der Waals surface area contributed by atoms with Crippen LogP contribution >= 0.6 is 0 Å². The lowest BCUT2D eigenvalue weighted by Gasteiger charge is -1.97. The quantitative estimate of drug-likeness (QED) is 0.161. The maximum atomic E-state index is 7.32. The summed E-state index contributed by atoms with van der Waals surface area (Å²) in [5.74, 6) is -0.196. The lowest BCUT2D eigenvalue weighted by atomic mass is 10.9. The first kappa shape index (κ1) is 14.1. The number of hydrogen-bond acceptors (Lipinski definition) is 3. The van der Waals surface area contributed by atoms with Gasteiger partial charge in [0.25, 0.3) is 5.96 Å². The third kappa shape index (κ3) is 16.3. The molecule has 0 bridgehead atoms. The van der Waals surface area contributed by atoms with E-state index in [2.05, 4.69) is 20.7 Å². The number of rotatable bonds is 2. The van der Waals surface area contributed by atoms with Crippen LogP contribution in [-0.2, 0) is 0 Å². The van der Waals surface area contributed by atoms with Crippen molar-refractivity contribution in [2.75, 3.05) is 6.67 Å². The minimum absolute atomic E-state index is 0.00579. The first-order chi connectivity index (χ1) is 6.58. The fourth-order valence-corrected chi connectivity index (χ4v) is 0.303. The van der Waals surface area contributed by atoms with Gasteiger partial charge < -0.3 is 16.8 Å². The maximum Gasteiger partial charge on any atom is 0.261 e. The van der Waals surface area contributed by atoms with E-state index in [9.17, 15) is 0 Å². The van der Waals surface area contributed by atoms with Crippen molar-refractivity contribution in [3.8, 4) is 6.07 Å². The van der Waals surface area contributed by atoms with Crippen LogP contribution in [0.1, 0.15) is 6.92 Å². The van der Waals surface area contributed by atoms with Gasteiger partial charge in [-0.15, -0.1) is 0 Å². The fourth-order valence-electron chi connectivity index (χ4n) is 0.303. The summed E-state index contributed by atoms with van der Waals surface area (Å²) in [6.45, 7) is 7.84. The Bertz CT molecular complexity index is 267. The van der Waals surface area contributed by atoms with Crippen molar-refractivity contribution in [1.29, 1.82) is 10.7 Å². The molecule has 8 nitrogen and oxygen atoms in total. The van der Waals surface area contributed by atoms with E-state index in [-0.39, 0.29) is 18.6 Å². The van der Waals surface area contributed by atoms with Gasteiger partial charge in [-0.3, -0.25) is 5.41 Å². The maximum absolute atomic E-state index is 7.32. The Morgan fingerprint density at radius 1 is 1.71 bits per heavy atom. The molecule has 0 rings (SSSR count). The van der Waals surface area contributed by atoms with E-state index in [1.54, 1.807) is 6.07 Å². The summed E-state index contributed by atoms with van der Waals surface area (Å²) in [6, 6.07) is 1.75. The third-order valence-electron chi connectivity index (χ3n) is 0.689. The Kier molecular flexibility index (Phi) is 10.6. The predicted octanol–water partition coefficient (Wildman–Crippen LogP) is -1.30. The number of nitriles is 1. The van der Waals surface area contributed by atoms with Gasteiger partial charge in [0.1, 0.15) is 6.67 Å². The van der Waals surface area contributed by atoms with Crippen molar-refractivity contribution in [2.45, 2.75) is 6.92 Å². The largest absolute Gasteiger partial charge is 0.370 e. The van der Waals surface area contributed by atoms with E-state index in [0.29, 0.717) is 0 Å². The smallest absolute Gasteiger partial charge is 0.261 e. The van der Waals surface area contributed by atoms with Crippen LogP contribution in [0.25, 0.3) is 4.95 Å². The highest BCUT2D eigenvalue weighted by Gasteiger charge is 1.89. The standard InChI is InChI=1S/C4H9N7.C2H3N/c1-8-11-4(7)10-2-9-3(5)6;1-2-3/h2H2,(H4,5,6,9)(H3,7,10,11);1H3. The van der Waals surface area contributed by atoms with Gasteiger partial charge in [0, 0.05) is 6.92 Å². The molecule has 0 heterocycles. The van der Waals surface area contributed by atoms with Gasteiger partial charge >= 0.3 is 0 Å². The van der Waals surface area contributed by atoms with Crippen molar-refractivity contribution in [3.63, 3.8) is 0 Å². The van der Waals surface area contributed by atoms with Crippen LogP contribution in [0.4, 0.5) is 0 Å². The Morgan fingerprint density at radius 3 is 2.57 bits per heavy atom.